The van der Waals surface area contributed by atoms with Gasteiger partial charge < -0.3 is 10.2 Å². The van der Waals surface area contributed by atoms with Crippen molar-refractivity contribution in [2.45, 2.75) is 19.1 Å². The van der Waals surface area contributed by atoms with Gasteiger partial charge in [-0.05, 0) is 29.8 Å². The van der Waals surface area contributed by atoms with Gasteiger partial charge in [0.25, 0.3) is 0 Å². The molecule has 1 aliphatic heterocycles. The minimum absolute atomic E-state index is 0.167. The van der Waals surface area contributed by atoms with Gasteiger partial charge in [-0.3, -0.25) is 9.67 Å². The Balaban J connectivity index is 1.57. The quantitative estimate of drug-likeness (QED) is 0.478. The van der Waals surface area contributed by atoms with Gasteiger partial charge in [0.1, 0.15) is 17.5 Å². The molecular weight excluding hydrogens is 426 g/mol. The van der Waals surface area contributed by atoms with Crippen molar-refractivity contribution >= 4 is 28.5 Å². The van der Waals surface area contributed by atoms with Crippen LogP contribution in [-0.4, -0.2) is 31.3 Å². The molecule has 7 nitrogen and oxygen atoms in total. The lowest BCUT2D eigenvalue weighted by Crippen LogP contribution is -2.32. The predicted octanol–water partition coefficient (Wildman–Crippen LogP) is 4.22. The Morgan fingerprint density at radius 3 is 2.69 bits per heavy atom. The van der Waals surface area contributed by atoms with Crippen LogP contribution in [0.1, 0.15) is 16.8 Å². The molecule has 0 amide bonds. The number of fused-ring (bicyclic) bond motifs is 2. The molecule has 0 atom stereocenters. The second kappa shape index (κ2) is 7.43. The molecule has 164 valence electrons. The number of hydrogen-bond acceptors (Lipinski definition) is 6. The molecule has 0 fully saturated rings. The van der Waals surface area contributed by atoms with Gasteiger partial charge in [0, 0.05) is 49.9 Å². The highest BCUT2D eigenvalue weighted by Crippen LogP contribution is 2.34. The lowest BCUT2D eigenvalue weighted by atomic mass is 10.0. The molecule has 1 N–H and O–H groups in total. The Labute approximate surface area is 179 Å². The first-order chi connectivity index (χ1) is 15.3. The van der Waals surface area contributed by atoms with Crippen LogP contribution >= 0.6 is 0 Å². The standard InChI is InChI=1S/C21H17F4N7/c1-31-18(4-6-27-31)29-20-28-17-3-2-14(22)9-15(17)19(30-20)32-7-5-16-12(11-32)8-13(10-26-16)21(23,24)25/h2-4,6,8-10H,5,7,11H2,1H3,(H,28,29,30). The van der Waals surface area contributed by atoms with Crippen molar-refractivity contribution in [3.63, 3.8) is 0 Å². The topological polar surface area (TPSA) is 71.8 Å². The molecule has 0 saturated heterocycles. The summed E-state index contributed by atoms with van der Waals surface area (Å²) >= 11 is 0. The van der Waals surface area contributed by atoms with E-state index in [0.29, 0.717) is 46.8 Å². The molecule has 1 aliphatic rings. The highest BCUT2D eigenvalue weighted by molar-refractivity contribution is 5.91. The summed E-state index contributed by atoms with van der Waals surface area (Å²) in [7, 11) is 1.76. The second-order valence-corrected chi connectivity index (χ2v) is 7.50. The van der Waals surface area contributed by atoms with Crippen LogP contribution in [0.25, 0.3) is 10.9 Å². The molecular formula is C21H17F4N7. The van der Waals surface area contributed by atoms with Crippen LogP contribution in [0.5, 0.6) is 0 Å². The normalized spacial score (nSPS) is 14.0. The SMILES string of the molecule is Cn1nccc1Nc1nc(N2CCc3ncc(C(F)(F)F)cc3C2)c2cc(F)ccc2n1. The van der Waals surface area contributed by atoms with Gasteiger partial charge in [-0.25, -0.2) is 9.37 Å². The van der Waals surface area contributed by atoms with Gasteiger partial charge in [-0.15, -0.1) is 0 Å². The third-order valence-corrected chi connectivity index (χ3v) is 5.36. The van der Waals surface area contributed by atoms with E-state index >= 15 is 0 Å². The largest absolute Gasteiger partial charge is 0.417 e. The summed E-state index contributed by atoms with van der Waals surface area (Å²) in [6.07, 6.45) is -1.56. The summed E-state index contributed by atoms with van der Waals surface area (Å²) in [6.45, 7) is 0.638. The minimum atomic E-state index is -4.48. The zero-order valence-electron chi connectivity index (χ0n) is 16.9. The molecule has 11 heteroatoms. The zero-order valence-corrected chi connectivity index (χ0v) is 16.9. The second-order valence-electron chi connectivity index (χ2n) is 7.50. The van der Waals surface area contributed by atoms with Crippen LogP contribution in [-0.2, 0) is 26.2 Å². The Hall–Kier alpha value is -3.76. The van der Waals surface area contributed by atoms with E-state index in [1.165, 1.54) is 12.1 Å². The fourth-order valence-electron chi connectivity index (χ4n) is 3.75. The van der Waals surface area contributed by atoms with Crippen molar-refractivity contribution < 1.29 is 17.6 Å². The van der Waals surface area contributed by atoms with Crippen LogP contribution in [0.4, 0.5) is 35.1 Å². The highest BCUT2D eigenvalue weighted by Gasteiger charge is 2.32. The van der Waals surface area contributed by atoms with Crippen molar-refractivity contribution in [3.05, 3.63) is 65.4 Å². The van der Waals surface area contributed by atoms with E-state index in [1.807, 2.05) is 4.90 Å². The Kier molecular flexibility index (Phi) is 4.68. The summed E-state index contributed by atoms with van der Waals surface area (Å²) in [4.78, 5) is 14.9. The maximum Gasteiger partial charge on any atom is 0.417 e. The lowest BCUT2D eigenvalue weighted by molar-refractivity contribution is -0.137. The van der Waals surface area contributed by atoms with Gasteiger partial charge in [0.05, 0.1) is 17.3 Å². The molecule has 4 aromatic rings. The van der Waals surface area contributed by atoms with Crippen molar-refractivity contribution in [1.82, 2.24) is 24.7 Å². The number of aromatic nitrogens is 5. The number of benzene rings is 1. The summed E-state index contributed by atoms with van der Waals surface area (Å²) in [5.74, 6) is 0.909. The Morgan fingerprint density at radius 2 is 1.94 bits per heavy atom. The fourth-order valence-corrected chi connectivity index (χ4v) is 3.75. The maximum atomic E-state index is 14.0. The number of alkyl halides is 3. The van der Waals surface area contributed by atoms with Gasteiger partial charge >= 0.3 is 6.18 Å². The van der Waals surface area contributed by atoms with Crippen molar-refractivity contribution in [2.75, 3.05) is 16.8 Å². The van der Waals surface area contributed by atoms with E-state index in [1.54, 1.807) is 30.1 Å². The number of aryl methyl sites for hydroxylation is 1. The number of hydrogen-bond donors (Lipinski definition) is 1. The van der Waals surface area contributed by atoms with Crippen LogP contribution < -0.4 is 10.2 Å². The summed E-state index contributed by atoms with van der Waals surface area (Å²) in [5.41, 5.74) is 0.798. The van der Waals surface area contributed by atoms with Gasteiger partial charge in [0.15, 0.2) is 0 Å². The first-order valence-electron chi connectivity index (χ1n) is 9.80. The van der Waals surface area contributed by atoms with Gasteiger partial charge in [0.2, 0.25) is 5.95 Å². The monoisotopic (exact) mass is 443 g/mol. The molecule has 0 unspecified atom stereocenters. The Morgan fingerprint density at radius 1 is 1.09 bits per heavy atom. The van der Waals surface area contributed by atoms with Crippen molar-refractivity contribution in [3.8, 4) is 0 Å². The lowest BCUT2D eigenvalue weighted by Gasteiger charge is -2.30. The molecule has 32 heavy (non-hydrogen) atoms. The third-order valence-electron chi connectivity index (χ3n) is 5.36. The first-order valence-corrected chi connectivity index (χ1v) is 9.80. The number of nitrogens with zero attached hydrogens (tertiary/aromatic N) is 6. The van der Waals surface area contributed by atoms with E-state index in [0.717, 1.165) is 12.3 Å². The molecule has 1 aromatic carbocycles. The molecule has 5 rings (SSSR count). The van der Waals surface area contributed by atoms with Gasteiger partial charge in [-0.2, -0.15) is 23.3 Å². The number of halogens is 4. The molecule has 0 spiro atoms. The van der Waals surface area contributed by atoms with Crippen molar-refractivity contribution in [1.29, 1.82) is 0 Å². The van der Waals surface area contributed by atoms with Crippen molar-refractivity contribution in [2.24, 2.45) is 7.05 Å². The molecule has 0 radical (unpaired) electrons. The van der Waals surface area contributed by atoms with E-state index in [2.05, 4.69) is 25.4 Å². The van der Waals surface area contributed by atoms with Crippen LogP contribution in [0.3, 0.4) is 0 Å². The zero-order chi connectivity index (χ0) is 22.5. The highest BCUT2D eigenvalue weighted by atomic mass is 19.4. The van der Waals surface area contributed by atoms with E-state index in [9.17, 15) is 17.6 Å². The molecule has 0 aliphatic carbocycles. The molecule has 3 aromatic heterocycles. The summed E-state index contributed by atoms with van der Waals surface area (Å²) in [6, 6.07) is 7.05. The Bertz CT molecular complexity index is 1320. The summed E-state index contributed by atoms with van der Waals surface area (Å²) < 4.78 is 55.1. The van der Waals surface area contributed by atoms with E-state index in [-0.39, 0.29) is 12.5 Å². The molecule has 0 saturated carbocycles. The average molecular weight is 443 g/mol. The number of nitrogens with one attached hydrogen (secondary N) is 1. The number of anilines is 3. The summed E-state index contributed by atoms with van der Waals surface area (Å²) in [5, 5.41) is 7.65. The third kappa shape index (κ3) is 3.70. The first kappa shape index (κ1) is 20.2. The molecule has 4 heterocycles. The van der Waals surface area contributed by atoms with Gasteiger partial charge in [-0.1, -0.05) is 0 Å². The van der Waals surface area contributed by atoms with Crippen LogP contribution in [0.15, 0.2) is 42.7 Å². The van der Waals surface area contributed by atoms with Crippen LogP contribution in [0, 0.1) is 5.82 Å². The average Bonchev–Trinajstić information content (AvgIpc) is 3.16. The smallest absolute Gasteiger partial charge is 0.351 e. The number of rotatable bonds is 3. The fraction of sp³-hybridized carbons (Fsp3) is 0.238. The molecule has 0 bridgehead atoms. The van der Waals surface area contributed by atoms with E-state index in [4.69, 9.17) is 0 Å². The predicted molar refractivity (Wildman–Crippen MR) is 110 cm³/mol. The minimum Gasteiger partial charge on any atom is -0.351 e. The maximum absolute atomic E-state index is 14.0. The van der Waals surface area contributed by atoms with E-state index < -0.39 is 17.6 Å². The number of pyridine rings is 1. The van der Waals surface area contributed by atoms with Crippen LogP contribution in [0.2, 0.25) is 0 Å².